The first kappa shape index (κ1) is 22.0. The minimum atomic E-state index is -0.390. The van der Waals surface area contributed by atoms with Gasteiger partial charge in [-0.25, -0.2) is 19.4 Å². The highest BCUT2D eigenvalue weighted by Crippen LogP contribution is 2.28. The number of pyridine rings is 1. The van der Waals surface area contributed by atoms with Gasteiger partial charge in [-0.2, -0.15) is 5.10 Å². The molecular weight excluding hydrogens is 452 g/mol. The number of thiazole rings is 1. The number of hydrogen-bond acceptors (Lipinski definition) is 8. The number of esters is 1. The van der Waals surface area contributed by atoms with Crippen LogP contribution in [0.15, 0.2) is 48.8 Å². The Kier molecular flexibility index (Phi) is 5.97. The molecule has 0 saturated carbocycles. The van der Waals surface area contributed by atoms with E-state index in [4.69, 9.17) is 4.74 Å². The van der Waals surface area contributed by atoms with Gasteiger partial charge in [-0.1, -0.05) is 11.3 Å². The fourth-order valence-corrected chi connectivity index (χ4v) is 4.96. The Morgan fingerprint density at radius 2 is 1.85 bits per heavy atom. The molecule has 1 saturated heterocycles. The number of anilines is 1. The van der Waals surface area contributed by atoms with Crippen LogP contribution in [0, 0.1) is 6.92 Å². The van der Waals surface area contributed by atoms with Crippen molar-refractivity contribution in [3.8, 4) is 5.69 Å². The van der Waals surface area contributed by atoms with Crippen molar-refractivity contribution in [2.45, 2.75) is 13.8 Å². The molecule has 1 fully saturated rings. The molecule has 4 heterocycles. The number of nitrogens with zero attached hydrogens (tertiary/aromatic N) is 6. The van der Waals surface area contributed by atoms with Crippen LogP contribution >= 0.6 is 11.3 Å². The van der Waals surface area contributed by atoms with Gasteiger partial charge in [0.05, 0.1) is 24.2 Å². The van der Waals surface area contributed by atoms with Crippen molar-refractivity contribution in [1.29, 1.82) is 0 Å². The van der Waals surface area contributed by atoms with Crippen LogP contribution in [0.25, 0.3) is 16.0 Å². The van der Waals surface area contributed by atoms with Gasteiger partial charge >= 0.3 is 5.97 Å². The molecular formula is C24H24N6O3S. The van der Waals surface area contributed by atoms with Crippen LogP contribution in [0.4, 0.5) is 5.13 Å². The third kappa shape index (κ3) is 4.12. The lowest BCUT2D eigenvalue weighted by atomic mass is 10.1. The maximum atomic E-state index is 13.1. The van der Waals surface area contributed by atoms with Crippen molar-refractivity contribution in [3.63, 3.8) is 0 Å². The largest absolute Gasteiger partial charge is 0.462 e. The number of fused-ring (bicyclic) bond motifs is 1. The zero-order valence-electron chi connectivity index (χ0n) is 19.0. The molecule has 1 aromatic carbocycles. The molecule has 34 heavy (non-hydrogen) atoms. The molecule has 1 amide bonds. The molecule has 5 rings (SSSR count). The summed E-state index contributed by atoms with van der Waals surface area (Å²) < 4.78 is 6.75. The van der Waals surface area contributed by atoms with Crippen LogP contribution < -0.4 is 4.90 Å². The summed E-state index contributed by atoms with van der Waals surface area (Å²) in [6.07, 6.45) is 3.28. The molecule has 1 aliphatic heterocycles. The molecule has 3 aromatic heterocycles. The van der Waals surface area contributed by atoms with E-state index in [1.54, 1.807) is 41.3 Å². The SMILES string of the molecule is CCOC(=O)c1cnn(-c2ccc(C(=O)N3CCN(c4nc5cccnc5s4)CC3)cc2)c1C. The number of aromatic nitrogens is 4. The van der Waals surface area contributed by atoms with Gasteiger partial charge in [-0.05, 0) is 50.2 Å². The molecule has 0 bridgehead atoms. The Bertz CT molecular complexity index is 1310. The molecule has 0 N–H and O–H groups in total. The van der Waals surface area contributed by atoms with Crippen molar-refractivity contribution < 1.29 is 14.3 Å². The first-order chi connectivity index (χ1) is 16.5. The van der Waals surface area contributed by atoms with Crippen molar-refractivity contribution in [3.05, 3.63) is 65.6 Å². The zero-order chi connectivity index (χ0) is 23.7. The number of amides is 1. The number of benzene rings is 1. The molecule has 9 nitrogen and oxygen atoms in total. The van der Waals surface area contributed by atoms with Crippen LogP contribution in [-0.2, 0) is 4.74 Å². The molecule has 174 valence electrons. The zero-order valence-corrected chi connectivity index (χ0v) is 19.8. The van der Waals surface area contributed by atoms with Crippen LogP contribution in [-0.4, -0.2) is 69.3 Å². The Morgan fingerprint density at radius 1 is 1.09 bits per heavy atom. The molecule has 4 aromatic rings. The average Bonchev–Trinajstić information content (AvgIpc) is 3.48. The summed E-state index contributed by atoms with van der Waals surface area (Å²) in [5.41, 5.74) is 3.43. The normalized spacial score (nSPS) is 13.9. The highest BCUT2D eigenvalue weighted by molar-refractivity contribution is 7.21. The lowest BCUT2D eigenvalue weighted by Gasteiger charge is -2.34. The fourth-order valence-electron chi connectivity index (χ4n) is 4.00. The third-order valence-electron chi connectivity index (χ3n) is 5.86. The molecule has 0 radical (unpaired) electrons. The molecule has 10 heteroatoms. The van der Waals surface area contributed by atoms with Crippen molar-refractivity contribution in [2.75, 3.05) is 37.7 Å². The Balaban J connectivity index is 1.24. The standard InChI is InChI=1S/C24H24N6O3S/c1-3-33-23(32)19-15-26-30(16(19)2)18-8-6-17(7-9-18)22(31)28-11-13-29(14-12-28)24-27-20-5-4-10-25-21(20)34-24/h4-10,15H,3,11-14H2,1-2H3. The van der Waals surface area contributed by atoms with Crippen molar-refractivity contribution in [2.24, 2.45) is 0 Å². The van der Waals surface area contributed by atoms with E-state index in [9.17, 15) is 9.59 Å². The van der Waals surface area contributed by atoms with E-state index >= 15 is 0 Å². The van der Waals surface area contributed by atoms with Crippen molar-refractivity contribution in [1.82, 2.24) is 24.6 Å². The number of piperazine rings is 1. The maximum absolute atomic E-state index is 13.1. The predicted octanol–water partition coefficient (Wildman–Crippen LogP) is 3.32. The third-order valence-corrected chi connectivity index (χ3v) is 6.90. The quantitative estimate of drug-likeness (QED) is 0.408. The van der Waals surface area contributed by atoms with Gasteiger partial charge in [0.25, 0.3) is 5.91 Å². The molecule has 1 aliphatic rings. The molecule has 0 unspecified atom stereocenters. The monoisotopic (exact) mass is 476 g/mol. The number of carbonyl (C=O) groups excluding carboxylic acids is 2. The molecule has 0 atom stereocenters. The van der Waals surface area contributed by atoms with Gasteiger partial charge in [0, 0.05) is 37.9 Å². The van der Waals surface area contributed by atoms with E-state index in [2.05, 4.69) is 20.0 Å². The second kappa shape index (κ2) is 9.22. The van der Waals surface area contributed by atoms with Gasteiger partial charge in [0.15, 0.2) is 5.13 Å². The second-order valence-corrected chi connectivity index (χ2v) is 8.88. The number of rotatable bonds is 5. The first-order valence-corrected chi connectivity index (χ1v) is 11.9. The van der Waals surface area contributed by atoms with Gasteiger partial charge in [0.2, 0.25) is 0 Å². The summed E-state index contributed by atoms with van der Waals surface area (Å²) in [6, 6.07) is 11.1. The summed E-state index contributed by atoms with van der Waals surface area (Å²) in [4.78, 5) is 39.2. The Labute approximate surface area is 200 Å². The minimum absolute atomic E-state index is 0.00145. The summed E-state index contributed by atoms with van der Waals surface area (Å²) in [5, 5.41) is 5.26. The van der Waals surface area contributed by atoms with Gasteiger partial charge in [-0.15, -0.1) is 0 Å². The highest BCUT2D eigenvalue weighted by Gasteiger charge is 2.24. The maximum Gasteiger partial charge on any atom is 0.341 e. The van der Waals surface area contributed by atoms with Gasteiger partial charge in [-0.3, -0.25) is 4.79 Å². The number of carbonyl (C=O) groups is 2. The van der Waals surface area contributed by atoms with E-state index in [-0.39, 0.29) is 11.9 Å². The summed E-state index contributed by atoms with van der Waals surface area (Å²) in [7, 11) is 0. The van der Waals surface area contributed by atoms with E-state index in [1.165, 1.54) is 6.20 Å². The van der Waals surface area contributed by atoms with Gasteiger partial charge < -0.3 is 14.5 Å². The lowest BCUT2D eigenvalue weighted by molar-refractivity contribution is 0.0525. The molecule has 0 aliphatic carbocycles. The Morgan fingerprint density at radius 3 is 2.56 bits per heavy atom. The molecule has 0 spiro atoms. The summed E-state index contributed by atoms with van der Waals surface area (Å²) in [6.45, 7) is 6.62. The van der Waals surface area contributed by atoms with E-state index in [1.807, 2.05) is 36.1 Å². The summed E-state index contributed by atoms with van der Waals surface area (Å²) >= 11 is 1.58. The smallest absolute Gasteiger partial charge is 0.341 e. The Hall–Kier alpha value is -3.79. The van der Waals surface area contributed by atoms with E-state index in [0.29, 0.717) is 36.5 Å². The predicted molar refractivity (Wildman–Crippen MR) is 130 cm³/mol. The fraction of sp³-hybridized carbons (Fsp3) is 0.292. The van der Waals surface area contributed by atoms with Crippen molar-refractivity contribution >= 4 is 38.7 Å². The summed E-state index contributed by atoms with van der Waals surface area (Å²) in [5.74, 6) is -0.388. The van der Waals surface area contributed by atoms with Gasteiger partial charge in [0.1, 0.15) is 15.9 Å². The minimum Gasteiger partial charge on any atom is -0.462 e. The average molecular weight is 477 g/mol. The van der Waals surface area contributed by atoms with E-state index < -0.39 is 0 Å². The van der Waals surface area contributed by atoms with Crippen LogP contribution in [0.1, 0.15) is 33.3 Å². The lowest BCUT2D eigenvalue weighted by Crippen LogP contribution is -2.48. The van der Waals surface area contributed by atoms with Crippen LogP contribution in [0.2, 0.25) is 0 Å². The topological polar surface area (TPSA) is 93.4 Å². The highest BCUT2D eigenvalue weighted by atomic mass is 32.1. The van der Waals surface area contributed by atoms with Crippen LogP contribution in [0.3, 0.4) is 0 Å². The van der Waals surface area contributed by atoms with E-state index in [0.717, 1.165) is 34.3 Å². The first-order valence-electron chi connectivity index (χ1n) is 11.1. The number of hydrogen-bond donors (Lipinski definition) is 0. The van der Waals surface area contributed by atoms with Crippen LogP contribution in [0.5, 0.6) is 0 Å². The second-order valence-electron chi connectivity index (χ2n) is 7.93. The number of ether oxygens (including phenoxy) is 1.